The van der Waals surface area contributed by atoms with E-state index in [1.165, 1.54) is 6.92 Å². The Balaban J connectivity index is 3.15. The smallest absolute Gasteiger partial charge is 0.422 e. The minimum atomic E-state index is -4.80. The van der Waals surface area contributed by atoms with E-state index in [1.807, 2.05) is 0 Å². The maximum absolute atomic E-state index is 12.1. The van der Waals surface area contributed by atoms with Gasteiger partial charge in [-0.25, -0.2) is 4.98 Å². The highest BCUT2D eigenvalue weighted by molar-refractivity contribution is 5.54. The molecule has 1 heterocycles. The molecule has 0 amide bonds. The molecule has 1 rings (SSSR count). The Morgan fingerprint density at radius 3 is 2.09 bits per heavy atom. The minimum Gasteiger partial charge on any atom is -0.477 e. The molecule has 0 unspecified atom stereocenters. The van der Waals surface area contributed by atoms with Crippen molar-refractivity contribution in [2.75, 3.05) is 13.2 Å². The van der Waals surface area contributed by atoms with Crippen LogP contribution in [0.5, 0.6) is 11.6 Å². The summed E-state index contributed by atoms with van der Waals surface area (Å²) in [5.74, 6) is -1.95. The van der Waals surface area contributed by atoms with Gasteiger partial charge < -0.3 is 9.47 Å². The summed E-state index contributed by atoms with van der Waals surface area (Å²) >= 11 is 0. The van der Waals surface area contributed by atoms with Gasteiger partial charge in [-0.05, 0) is 6.92 Å². The third kappa shape index (κ3) is 5.61. The van der Waals surface area contributed by atoms with Crippen LogP contribution in [0.25, 0.3) is 0 Å². The number of rotatable bonds is 5. The number of nitrogens with zero attached hydrogens (tertiary/aromatic N) is 2. The summed E-state index contributed by atoms with van der Waals surface area (Å²) in [6.45, 7) is -2.54. The molecule has 0 aliphatic carbocycles. The van der Waals surface area contributed by atoms with Crippen LogP contribution >= 0.6 is 0 Å². The lowest BCUT2D eigenvalue weighted by molar-refractivity contribution is -0.387. The van der Waals surface area contributed by atoms with Gasteiger partial charge in [-0.2, -0.15) is 26.3 Å². The molecule has 0 aliphatic heterocycles. The van der Waals surface area contributed by atoms with Crippen LogP contribution in [-0.2, 0) is 0 Å². The number of hydrogen-bond acceptors (Lipinski definition) is 5. The largest absolute Gasteiger partial charge is 0.477 e. The van der Waals surface area contributed by atoms with Crippen LogP contribution in [0.2, 0.25) is 0 Å². The van der Waals surface area contributed by atoms with Crippen molar-refractivity contribution in [3.8, 4) is 11.6 Å². The summed E-state index contributed by atoms with van der Waals surface area (Å²) < 4.78 is 80.9. The van der Waals surface area contributed by atoms with Crippen LogP contribution < -0.4 is 9.47 Å². The number of hydrogen-bond donors (Lipinski definition) is 0. The molecule has 0 bridgehead atoms. The fraction of sp³-hybridized carbons (Fsp3) is 0.500. The highest BCUT2D eigenvalue weighted by atomic mass is 19.4. The van der Waals surface area contributed by atoms with Gasteiger partial charge in [-0.15, -0.1) is 0 Å². The molecule has 22 heavy (non-hydrogen) atoms. The standard InChI is InChI=1S/C10H8F6N2O4/c1-5-2-6(21-3-9(11,12)13)7(18(19)20)8(17-5)22-4-10(14,15)16/h2H,3-4H2,1H3. The quantitative estimate of drug-likeness (QED) is 0.470. The average molecular weight is 334 g/mol. The molecule has 12 heteroatoms. The van der Waals surface area contributed by atoms with Crippen LogP contribution in [0.3, 0.4) is 0 Å². The molecule has 0 aromatic carbocycles. The molecule has 0 fully saturated rings. The molecule has 0 saturated carbocycles. The molecule has 0 saturated heterocycles. The van der Waals surface area contributed by atoms with Crippen LogP contribution in [-0.4, -0.2) is 35.5 Å². The molecule has 0 N–H and O–H groups in total. The number of alkyl halides is 6. The van der Waals surface area contributed by atoms with Crippen molar-refractivity contribution in [3.63, 3.8) is 0 Å². The fourth-order valence-corrected chi connectivity index (χ4v) is 1.30. The van der Waals surface area contributed by atoms with Crippen LogP contribution in [0.15, 0.2) is 6.07 Å². The van der Waals surface area contributed by atoms with Gasteiger partial charge in [0.1, 0.15) is 0 Å². The zero-order valence-corrected chi connectivity index (χ0v) is 10.8. The molecule has 1 aromatic rings. The highest BCUT2D eigenvalue weighted by Crippen LogP contribution is 2.37. The summed E-state index contributed by atoms with van der Waals surface area (Å²) in [6, 6.07) is 0.796. The van der Waals surface area contributed by atoms with Crippen molar-refractivity contribution >= 4 is 5.69 Å². The average Bonchev–Trinajstić information content (AvgIpc) is 2.31. The van der Waals surface area contributed by atoms with Crippen molar-refractivity contribution in [2.45, 2.75) is 19.3 Å². The monoisotopic (exact) mass is 334 g/mol. The normalized spacial score (nSPS) is 12.1. The van der Waals surface area contributed by atoms with Crippen molar-refractivity contribution < 1.29 is 40.7 Å². The van der Waals surface area contributed by atoms with Gasteiger partial charge in [0.15, 0.2) is 13.2 Å². The third-order valence-electron chi connectivity index (χ3n) is 2.00. The molecular formula is C10H8F6N2O4. The topological polar surface area (TPSA) is 74.5 Å². The van der Waals surface area contributed by atoms with E-state index in [0.717, 1.165) is 6.07 Å². The maximum atomic E-state index is 12.1. The van der Waals surface area contributed by atoms with Crippen LogP contribution in [0.4, 0.5) is 32.0 Å². The molecule has 0 atom stereocenters. The second kappa shape index (κ2) is 6.23. The molecule has 0 spiro atoms. The number of halogens is 6. The summed E-state index contributed by atoms with van der Waals surface area (Å²) in [7, 11) is 0. The van der Waals surface area contributed by atoms with E-state index in [4.69, 9.17) is 0 Å². The Morgan fingerprint density at radius 1 is 1.14 bits per heavy atom. The van der Waals surface area contributed by atoms with Crippen molar-refractivity contribution in [2.24, 2.45) is 0 Å². The molecule has 124 valence electrons. The second-order valence-corrected chi connectivity index (χ2v) is 3.98. The lowest BCUT2D eigenvalue weighted by Crippen LogP contribution is -2.21. The number of pyridine rings is 1. The Bertz CT molecular complexity index is 518. The Labute approximate surface area is 118 Å². The summed E-state index contributed by atoms with van der Waals surface area (Å²) in [6.07, 6.45) is -9.58. The zero-order valence-electron chi connectivity index (χ0n) is 10.8. The summed E-state index contributed by atoms with van der Waals surface area (Å²) in [5.41, 5.74) is -1.32. The van der Waals surface area contributed by atoms with Crippen molar-refractivity contribution in [1.82, 2.24) is 4.98 Å². The number of ether oxygens (including phenoxy) is 2. The first-order valence-corrected chi connectivity index (χ1v) is 5.44. The minimum absolute atomic E-state index is 0.111. The van der Waals surface area contributed by atoms with Crippen LogP contribution in [0, 0.1) is 17.0 Å². The predicted molar refractivity (Wildman–Crippen MR) is 58.7 cm³/mol. The Hall–Kier alpha value is -2.27. The van der Waals surface area contributed by atoms with Gasteiger partial charge in [0, 0.05) is 11.8 Å². The van der Waals surface area contributed by atoms with E-state index < -0.39 is 47.8 Å². The number of nitro groups is 1. The first-order valence-electron chi connectivity index (χ1n) is 5.44. The molecule has 0 aliphatic rings. The van der Waals surface area contributed by atoms with Crippen molar-refractivity contribution in [1.29, 1.82) is 0 Å². The molecule has 6 nitrogen and oxygen atoms in total. The summed E-state index contributed by atoms with van der Waals surface area (Å²) in [5, 5.41) is 10.8. The fourth-order valence-electron chi connectivity index (χ4n) is 1.30. The number of aryl methyl sites for hydroxylation is 1. The zero-order chi connectivity index (χ0) is 17.1. The Morgan fingerprint density at radius 2 is 1.64 bits per heavy atom. The number of aromatic nitrogens is 1. The van der Waals surface area contributed by atoms with Gasteiger partial charge in [0.25, 0.3) is 5.88 Å². The van der Waals surface area contributed by atoms with E-state index in [0.29, 0.717) is 0 Å². The van der Waals surface area contributed by atoms with E-state index in [2.05, 4.69) is 14.5 Å². The molecule has 1 aromatic heterocycles. The van der Waals surface area contributed by atoms with E-state index in [1.54, 1.807) is 0 Å². The van der Waals surface area contributed by atoms with Gasteiger partial charge >= 0.3 is 18.0 Å². The SMILES string of the molecule is Cc1cc(OCC(F)(F)F)c([N+](=O)[O-])c(OCC(F)(F)F)n1. The maximum Gasteiger partial charge on any atom is 0.422 e. The molecule has 0 radical (unpaired) electrons. The predicted octanol–water partition coefficient (Wildman–Crippen LogP) is 3.18. The lowest BCUT2D eigenvalue weighted by atomic mass is 10.3. The first-order chi connectivity index (χ1) is 9.89. The van der Waals surface area contributed by atoms with Gasteiger partial charge in [-0.1, -0.05) is 0 Å². The molecular weight excluding hydrogens is 326 g/mol. The first kappa shape index (κ1) is 17.8. The van der Waals surface area contributed by atoms with Gasteiger partial charge in [0.2, 0.25) is 5.75 Å². The van der Waals surface area contributed by atoms with Crippen molar-refractivity contribution in [3.05, 3.63) is 21.9 Å². The highest BCUT2D eigenvalue weighted by Gasteiger charge is 2.34. The summed E-state index contributed by atoms with van der Waals surface area (Å²) in [4.78, 5) is 13.0. The lowest BCUT2D eigenvalue weighted by Gasteiger charge is -2.13. The van der Waals surface area contributed by atoms with Gasteiger partial charge in [0.05, 0.1) is 4.92 Å². The second-order valence-electron chi connectivity index (χ2n) is 3.98. The van der Waals surface area contributed by atoms with E-state index in [-0.39, 0.29) is 5.69 Å². The van der Waals surface area contributed by atoms with E-state index in [9.17, 15) is 36.5 Å². The third-order valence-corrected chi connectivity index (χ3v) is 2.00. The van der Waals surface area contributed by atoms with E-state index >= 15 is 0 Å². The van der Waals surface area contributed by atoms with Gasteiger partial charge in [-0.3, -0.25) is 10.1 Å². The van der Waals surface area contributed by atoms with Crippen LogP contribution in [0.1, 0.15) is 5.69 Å². The Kier molecular flexibility index (Phi) is 5.04.